The van der Waals surface area contributed by atoms with Crippen LogP contribution in [0.1, 0.15) is 31.9 Å². The van der Waals surface area contributed by atoms with Gasteiger partial charge in [0.25, 0.3) is 5.85 Å². The molecule has 2 unspecified atom stereocenters. The first-order valence-electron chi connectivity index (χ1n) is 11.5. The van der Waals surface area contributed by atoms with E-state index >= 15 is 0 Å². The number of urea groups is 2. The Bertz CT molecular complexity index is 1020. The highest BCUT2D eigenvalue weighted by molar-refractivity contribution is 6.30. The summed E-state index contributed by atoms with van der Waals surface area (Å²) in [6.07, 6.45) is 0.672. The molecule has 182 valence electrons. The number of carbonyl (C=O) groups excluding carboxylic acids is 2. The van der Waals surface area contributed by atoms with E-state index in [9.17, 15) is 14.7 Å². The Morgan fingerprint density at radius 1 is 1.21 bits per heavy atom. The second-order valence-electron chi connectivity index (χ2n) is 8.61. The molecule has 10 heteroatoms. The van der Waals surface area contributed by atoms with E-state index in [1.165, 1.54) is 29.0 Å². The van der Waals surface area contributed by atoms with Gasteiger partial charge in [-0.25, -0.2) is 24.6 Å². The Hall–Kier alpha value is -3.01. The molecule has 2 fully saturated rings. The molecule has 2 aromatic rings. The van der Waals surface area contributed by atoms with Crippen LogP contribution in [-0.2, 0) is 0 Å². The summed E-state index contributed by atoms with van der Waals surface area (Å²) >= 11 is 6.05. The summed E-state index contributed by atoms with van der Waals surface area (Å²) in [6, 6.07) is 15.6. The number of amides is 4. The van der Waals surface area contributed by atoms with Crippen LogP contribution in [0.5, 0.6) is 0 Å². The SMILES string of the molecule is CCCN1C(=O)N(N(C)C(=O)N2CCNCC2c2ccccc2)C(C)(O)N1c1ccc(Cl)cc1. The van der Waals surface area contributed by atoms with Crippen molar-refractivity contribution in [3.05, 3.63) is 65.2 Å². The van der Waals surface area contributed by atoms with E-state index in [1.54, 1.807) is 29.2 Å². The van der Waals surface area contributed by atoms with E-state index in [1.807, 2.05) is 37.3 Å². The van der Waals surface area contributed by atoms with Crippen molar-refractivity contribution in [3.8, 4) is 0 Å². The first-order chi connectivity index (χ1) is 16.3. The highest BCUT2D eigenvalue weighted by Gasteiger charge is 2.55. The number of hydrogen-bond acceptors (Lipinski definition) is 5. The van der Waals surface area contributed by atoms with Gasteiger partial charge >= 0.3 is 12.1 Å². The predicted molar refractivity (Wildman–Crippen MR) is 131 cm³/mol. The van der Waals surface area contributed by atoms with Crippen molar-refractivity contribution in [2.24, 2.45) is 0 Å². The van der Waals surface area contributed by atoms with Crippen molar-refractivity contribution in [2.45, 2.75) is 32.2 Å². The third kappa shape index (κ3) is 4.26. The topological polar surface area (TPSA) is 82.6 Å². The van der Waals surface area contributed by atoms with Gasteiger partial charge in [0.05, 0.1) is 11.7 Å². The summed E-state index contributed by atoms with van der Waals surface area (Å²) in [6.45, 7) is 5.55. The van der Waals surface area contributed by atoms with Gasteiger partial charge in [-0.1, -0.05) is 48.9 Å². The standard InChI is InChI=1S/C24H31ClN6O3/c1-4-15-29-23(33)31(24(2,34)30(29)20-12-10-19(25)11-13-20)27(3)22(32)28-16-14-26-17-21(28)18-8-6-5-7-9-18/h5-13,21,26,34H,4,14-17H2,1-3H3. The molecular weight excluding hydrogens is 456 g/mol. The maximum atomic E-state index is 13.7. The van der Waals surface area contributed by atoms with Crippen LogP contribution >= 0.6 is 11.6 Å². The summed E-state index contributed by atoms with van der Waals surface area (Å²) in [5.74, 6) is -1.82. The third-order valence-electron chi connectivity index (χ3n) is 6.20. The molecule has 2 aliphatic heterocycles. The molecule has 0 bridgehead atoms. The fourth-order valence-electron chi connectivity index (χ4n) is 4.66. The van der Waals surface area contributed by atoms with E-state index in [4.69, 9.17) is 11.6 Å². The van der Waals surface area contributed by atoms with Crippen molar-refractivity contribution in [1.82, 2.24) is 25.2 Å². The number of rotatable bonds is 5. The minimum Gasteiger partial charge on any atom is -0.351 e. The van der Waals surface area contributed by atoms with Crippen LogP contribution in [0.15, 0.2) is 54.6 Å². The fourth-order valence-corrected chi connectivity index (χ4v) is 4.78. The number of anilines is 1. The minimum absolute atomic E-state index is 0.188. The average molecular weight is 487 g/mol. The maximum Gasteiger partial charge on any atom is 0.362 e. The van der Waals surface area contributed by atoms with Gasteiger partial charge in [-0.05, 0) is 36.2 Å². The molecule has 34 heavy (non-hydrogen) atoms. The predicted octanol–water partition coefficient (Wildman–Crippen LogP) is 3.49. The van der Waals surface area contributed by atoms with Crippen molar-refractivity contribution < 1.29 is 14.7 Å². The van der Waals surface area contributed by atoms with E-state index in [0.717, 1.165) is 10.6 Å². The molecule has 2 heterocycles. The van der Waals surface area contributed by atoms with Gasteiger partial charge < -0.3 is 15.3 Å². The third-order valence-corrected chi connectivity index (χ3v) is 6.45. The van der Waals surface area contributed by atoms with Crippen LogP contribution in [0, 0.1) is 0 Å². The Labute approximate surface area is 205 Å². The molecule has 0 radical (unpaired) electrons. The summed E-state index contributed by atoms with van der Waals surface area (Å²) in [5, 5.41) is 20.8. The molecule has 2 saturated heterocycles. The molecule has 0 saturated carbocycles. The normalized spacial score (nSPS) is 23.0. The van der Waals surface area contributed by atoms with Gasteiger partial charge in [0.2, 0.25) is 0 Å². The van der Waals surface area contributed by atoms with E-state index in [-0.39, 0.29) is 12.1 Å². The summed E-state index contributed by atoms with van der Waals surface area (Å²) < 4.78 is 0. The van der Waals surface area contributed by atoms with Crippen LogP contribution in [0.25, 0.3) is 0 Å². The lowest BCUT2D eigenvalue weighted by Gasteiger charge is -2.43. The number of nitrogens with zero attached hydrogens (tertiary/aromatic N) is 5. The number of halogens is 1. The Morgan fingerprint density at radius 2 is 1.88 bits per heavy atom. The molecule has 0 aromatic heterocycles. The number of benzene rings is 2. The molecule has 4 rings (SSSR count). The quantitative estimate of drug-likeness (QED) is 0.676. The average Bonchev–Trinajstić information content (AvgIpc) is 3.04. The zero-order chi connectivity index (χ0) is 24.5. The lowest BCUT2D eigenvalue weighted by atomic mass is 10.0. The number of hydrazine groups is 2. The molecule has 2 aliphatic rings. The molecule has 2 aromatic carbocycles. The molecule has 2 N–H and O–H groups in total. The largest absolute Gasteiger partial charge is 0.362 e. The Balaban J connectivity index is 1.66. The van der Waals surface area contributed by atoms with Crippen molar-refractivity contribution in [2.75, 3.05) is 38.2 Å². The second kappa shape index (κ2) is 9.69. The highest BCUT2D eigenvalue weighted by atomic mass is 35.5. The van der Waals surface area contributed by atoms with E-state index in [2.05, 4.69) is 5.32 Å². The number of carbonyl (C=O) groups is 2. The molecular formula is C24H31ClN6O3. The lowest BCUT2D eigenvalue weighted by Crippen LogP contribution is -2.62. The van der Waals surface area contributed by atoms with Crippen molar-refractivity contribution in [1.29, 1.82) is 0 Å². The Morgan fingerprint density at radius 3 is 2.53 bits per heavy atom. The summed E-state index contributed by atoms with van der Waals surface area (Å²) in [7, 11) is 1.52. The van der Waals surface area contributed by atoms with Gasteiger partial charge in [0, 0.05) is 45.2 Å². The van der Waals surface area contributed by atoms with Crippen LogP contribution in [-0.4, -0.2) is 76.2 Å². The van der Waals surface area contributed by atoms with Crippen molar-refractivity contribution in [3.63, 3.8) is 0 Å². The van der Waals surface area contributed by atoms with Gasteiger partial charge in [-0.3, -0.25) is 0 Å². The lowest BCUT2D eigenvalue weighted by molar-refractivity contribution is -0.127. The van der Waals surface area contributed by atoms with Crippen LogP contribution in [0.3, 0.4) is 0 Å². The number of aliphatic hydroxyl groups is 1. The monoisotopic (exact) mass is 486 g/mol. The van der Waals surface area contributed by atoms with Crippen molar-refractivity contribution >= 4 is 29.4 Å². The molecule has 2 atom stereocenters. The van der Waals surface area contributed by atoms with Crippen LogP contribution in [0.2, 0.25) is 5.02 Å². The van der Waals surface area contributed by atoms with Gasteiger partial charge in [-0.2, -0.15) is 5.01 Å². The second-order valence-corrected chi connectivity index (χ2v) is 9.04. The minimum atomic E-state index is -1.82. The van der Waals surface area contributed by atoms with Crippen LogP contribution in [0.4, 0.5) is 15.3 Å². The van der Waals surface area contributed by atoms with E-state index in [0.29, 0.717) is 43.3 Å². The number of hydrogen-bond donors (Lipinski definition) is 2. The van der Waals surface area contributed by atoms with Gasteiger partial charge in [-0.15, -0.1) is 0 Å². The smallest absolute Gasteiger partial charge is 0.351 e. The summed E-state index contributed by atoms with van der Waals surface area (Å²) in [5.41, 5.74) is 1.59. The number of nitrogens with one attached hydrogen (secondary N) is 1. The van der Waals surface area contributed by atoms with E-state index < -0.39 is 11.9 Å². The summed E-state index contributed by atoms with van der Waals surface area (Å²) in [4.78, 5) is 29.0. The number of piperazine rings is 1. The molecule has 4 amide bonds. The molecule has 0 spiro atoms. The van der Waals surface area contributed by atoms with Gasteiger partial charge in [0.15, 0.2) is 0 Å². The zero-order valence-corrected chi connectivity index (χ0v) is 20.4. The first-order valence-corrected chi connectivity index (χ1v) is 11.8. The van der Waals surface area contributed by atoms with Gasteiger partial charge in [0.1, 0.15) is 0 Å². The molecule has 0 aliphatic carbocycles. The zero-order valence-electron chi connectivity index (χ0n) is 19.7. The Kier molecular flexibility index (Phi) is 6.88. The first kappa shape index (κ1) is 24.1. The van der Waals surface area contributed by atoms with Crippen LogP contribution < -0.4 is 10.3 Å². The fraction of sp³-hybridized carbons (Fsp3) is 0.417. The highest BCUT2D eigenvalue weighted by Crippen LogP contribution is 2.37. The maximum absolute atomic E-state index is 13.7. The molecule has 9 nitrogen and oxygen atoms in total.